The molecule has 0 radical (unpaired) electrons. The Morgan fingerprint density at radius 3 is 2.67 bits per heavy atom. The summed E-state index contributed by atoms with van der Waals surface area (Å²) in [5, 5.41) is 8.11. The summed E-state index contributed by atoms with van der Waals surface area (Å²) in [4.78, 5) is 33.3. The first kappa shape index (κ1) is 20.0. The lowest BCUT2D eigenvalue weighted by Gasteiger charge is -2.10. The molecule has 0 spiro atoms. The van der Waals surface area contributed by atoms with Gasteiger partial charge < -0.3 is 15.2 Å². The molecule has 2 heterocycles. The summed E-state index contributed by atoms with van der Waals surface area (Å²) in [6.45, 7) is -0.0642. The van der Waals surface area contributed by atoms with E-state index in [-0.39, 0.29) is 23.9 Å². The first-order chi connectivity index (χ1) is 14.6. The monoisotopic (exact) mass is 441 g/mol. The molecule has 2 N–H and O–H groups in total. The summed E-state index contributed by atoms with van der Waals surface area (Å²) in [5.41, 5.74) is 1.58. The van der Waals surface area contributed by atoms with Crippen molar-refractivity contribution in [2.75, 3.05) is 16.4 Å². The third-order valence-electron chi connectivity index (χ3n) is 4.08. The van der Waals surface area contributed by atoms with Crippen molar-refractivity contribution in [3.05, 3.63) is 65.9 Å². The van der Waals surface area contributed by atoms with Crippen molar-refractivity contribution < 1.29 is 14.0 Å². The molecule has 2 aromatic heterocycles. The first-order valence-corrected chi connectivity index (χ1v) is 10.8. The summed E-state index contributed by atoms with van der Waals surface area (Å²) in [6, 6.07) is 13.4. The zero-order valence-corrected chi connectivity index (χ0v) is 17.2. The van der Waals surface area contributed by atoms with Gasteiger partial charge in [-0.3, -0.25) is 9.59 Å². The second-order valence-corrected chi connectivity index (χ2v) is 8.01. The van der Waals surface area contributed by atoms with Crippen LogP contribution in [-0.2, 0) is 16.1 Å². The van der Waals surface area contributed by atoms with Crippen molar-refractivity contribution >= 4 is 56.8 Å². The van der Waals surface area contributed by atoms with Crippen LogP contribution >= 0.6 is 23.1 Å². The van der Waals surface area contributed by atoms with E-state index in [2.05, 4.69) is 20.6 Å². The van der Waals surface area contributed by atoms with Gasteiger partial charge in [0.25, 0.3) is 0 Å². The summed E-state index contributed by atoms with van der Waals surface area (Å²) in [7, 11) is 0. The fourth-order valence-electron chi connectivity index (χ4n) is 2.78. The smallest absolute Gasteiger partial charge is 0.244 e. The summed E-state index contributed by atoms with van der Waals surface area (Å²) >= 11 is 2.55. The minimum absolute atomic E-state index is 0.0642. The number of benzene rings is 2. The number of nitrogens with zero attached hydrogens (tertiary/aromatic N) is 3. The van der Waals surface area contributed by atoms with Crippen LogP contribution in [0.2, 0.25) is 0 Å². The van der Waals surface area contributed by atoms with Crippen LogP contribution in [0.3, 0.4) is 0 Å². The van der Waals surface area contributed by atoms with Crippen LogP contribution in [0.15, 0.2) is 65.3 Å². The van der Waals surface area contributed by atoms with Crippen LogP contribution in [0.25, 0.3) is 11.0 Å². The van der Waals surface area contributed by atoms with Gasteiger partial charge in [-0.2, -0.15) is 0 Å². The molecule has 4 rings (SSSR count). The van der Waals surface area contributed by atoms with Crippen molar-refractivity contribution in [1.82, 2.24) is 14.5 Å². The van der Waals surface area contributed by atoms with Crippen LogP contribution < -0.4 is 10.6 Å². The molecule has 10 heteroatoms. The van der Waals surface area contributed by atoms with Crippen LogP contribution in [-0.4, -0.2) is 32.1 Å². The third kappa shape index (κ3) is 4.66. The minimum Gasteiger partial charge on any atom is -0.322 e. The Bertz CT molecular complexity index is 1190. The van der Waals surface area contributed by atoms with Crippen LogP contribution in [0.5, 0.6) is 0 Å². The van der Waals surface area contributed by atoms with Gasteiger partial charge in [0.2, 0.25) is 11.8 Å². The lowest BCUT2D eigenvalue weighted by molar-refractivity contribution is -0.117. The summed E-state index contributed by atoms with van der Waals surface area (Å²) in [6.07, 6.45) is 1.61. The number of para-hydroxylation sites is 3. The fraction of sp³-hybridized carbons (Fsp3) is 0.100. The van der Waals surface area contributed by atoms with Gasteiger partial charge in [0, 0.05) is 11.6 Å². The van der Waals surface area contributed by atoms with Gasteiger partial charge >= 0.3 is 0 Å². The molecular formula is C20H16FN5O2S2. The highest BCUT2D eigenvalue weighted by Crippen LogP contribution is 2.25. The average molecular weight is 442 g/mol. The largest absolute Gasteiger partial charge is 0.322 e. The van der Waals surface area contributed by atoms with Gasteiger partial charge in [-0.15, -0.1) is 11.3 Å². The number of thioether (sulfide) groups is 1. The highest BCUT2D eigenvalue weighted by atomic mass is 32.2. The van der Waals surface area contributed by atoms with Crippen molar-refractivity contribution in [3.63, 3.8) is 0 Å². The molecule has 0 aliphatic heterocycles. The normalized spacial score (nSPS) is 10.8. The van der Waals surface area contributed by atoms with Gasteiger partial charge in [0.05, 0.1) is 22.5 Å². The second kappa shape index (κ2) is 9.06. The number of hydrogen-bond acceptors (Lipinski definition) is 6. The van der Waals surface area contributed by atoms with E-state index >= 15 is 0 Å². The van der Waals surface area contributed by atoms with Crippen molar-refractivity contribution in [3.8, 4) is 0 Å². The molecular weight excluding hydrogens is 425 g/mol. The van der Waals surface area contributed by atoms with E-state index in [1.54, 1.807) is 28.3 Å². The molecule has 2 aromatic carbocycles. The van der Waals surface area contributed by atoms with Gasteiger partial charge in [-0.05, 0) is 24.3 Å². The Kier molecular flexibility index (Phi) is 6.05. The van der Waals surface area contributed by atoms with E-state index in [0.29, 0.717) is 15.8 Å². The third-order valence-corrected chi connectivity index (χ3v) is 5.75. The number of carbonyl (C=O) groups excluding carboxylic acids is 2. The number of carbonyl (C=O) groups is 2. The van der Waals surface area contributed by atoms with Gasteiger partial charge in [-0.1, -0.05) is 36.0 Å². The number of nitrogens with one attached hydrogen (secondary N) is 2. The molecule has 152 valence electrons. The van der Waals surface area contributed by atoms with Crippen molar-refractivity contribution in [2.45, 2.75) is 11.7 Å². The Labute approximate surface area is 179 Å². The Hall–Kier alpha value is -3.24. The van der Waals surface area contributed by atoms with Gasteiger partial charge in [0.1, 0.15) is 12.4 Å². The van der Waals surface area contributed by atoms with E-state index in [9.17, 15) is 14.0 Å². The molecule has 0 aliphatic carbocycles. The number of thiazole rings is 1. The number of rotatable bonds is 7. The Morgan fingerprint density at radius 2 is 1.87 bits per heavy atom. The number of anilines is 2. The summed E-state index contributed by atoms with van der Waals surface area (Å²) in [5.74, 6) is -1.01. The van der Waals surface area contributed by atoms with E-state index in [0.717, 1.165) is 5.52 Å². The van der Waals surface area contributed by atoms with Gasteiger partial charge in [-0.25, -0.2) is 14.4 Å². The zero-order valence-electron chi connectivity index (χ0n) is 15.5. The maximum Gasteiger partial charge on any atom is 0.244 e. The van der Waals surface area contributed by atoms with E-state index in [1.165, 1.54) is 35.2 Å². The number of aromatic nitrogens is 3. The molecule has 0 fully saturated rings. The standard InChI is InChI=1S/C20H16FN5O2S2/c21-13-5-1-2-6-14(13)23-17(27)11-26-16-8-4-3-7-15(16)24-20(26)30-12-18(28)25-19-22-9-10-29-19/h1-10H,11-12H2,(H,23,27)(H,22,25,28). The Morgan fingerprint density at radius 1 is 1.07 bits per heavy atom. The number of hydrogen-bond donors (Lipinski definition) is 2. The number of amides is 2. The van der Waals surface area contributed by atoms with E-state index in [4.69, 9.17) is 0 Å². The fourth-order valence-corrected chi connectivity index (χ4v) is 4.14. The van der Waals surface area contributed by atoms with E-state index in [1.807, 2.05) is 24.3 Å². The lowest BCUT2D eigenvalue weighted by atomic mass is 10.3. The topological polar surface area (TPSA) is 88.9 Å². The minimum atomic E-state index is -0.505. The SMILES string of the molecule is O=C(CSc1nc2ccccc2n1CC(=O)Nc1ccccc1F)Nc1nccs1. The molecule has 0 atom stereocenters. The molecule has 7 nitrogen and oxygen atoms in total. The average Bonchev–Trinajstić information content (AvgIpc) is 3.36. The van der Waals surface area contributed by atoms with Crippen LogP contribution in [0, 0.1) is 5.82 Å². The van der Waals surface area contributed by atoms with Gasteiger partial charge in [0.15, 0.2) is 10.3 Å². The number of imidazole rings is 1. The summed E-state index contributed by atoms with van der Waals surface area (Å²) < 4.78 is 15.6. The quantitative estimate of drug-likeness (QED) is 0.423. The molecule has 0 unspecified atom stereocenters. The maximum absolute atomic E-state index is 13.8. The first-order valence-electron chi connectivity index (χ1n) is 8.92. The molecule has 0 aliphatic rings. The maximum atomic E-state index is 13.8. The number of fused-ring (bicyclic) bond motifs is 1. The van der Waals surface area contributed by atoms with Crippen molar-refractivity contribution in [1.29, 1.82) is 0 Å². The number of halogens is 1. The molecule has 0 saturated carbocycles. The van der Waals surface area contributed by atoms with Crippen LogP contribution in [0.4, 0.5) is 15.2 Å². The van der Waals surface area contributed by atoms with E-state index < -0.39 is 11.7 Å². The second-order valence-electron chi connectivity index (χ2n) is 6.17. The zero-order chi connectivity index (χ0) is 20.9. The lowest BCUT2D eigenvalue weighted by Crippen LogP contribution is -2.20. The van der Waals surface area contributed by atoms with Crippen molar-refractivity contribution in [2.24, 2.45) is 0 Å². The predicted octanol–water partition coefficient (Wildman–Crippen LogP) is 4.00. The molecule has 0 bridgehead atoms. The van der Waals surface area contributed by atoms with Crippen LogP contribution in [0.1, 0.15) is 0 Å². The molecule has 30 heavy (non-hydrogen) atoms. The molecule has 0 saturated heterocycles. The molecule has 2 amide bonds. The Balaban J connectivity index is 1.50. The highest BCUT2D eigenvalue weighted by Gasteiger charge is 2.16. The molecule has 4 aromatic rings. The highest BCUT2D eigenvalue weighted by molar-refractivity contribution is 7.99. The predicted molar refractivity (Wildman–Crippen MR) is 116 cm³/mol.